The van der Waals surface area contributed by atoms with Gasteiger partial charge in [-0.3, -0.25) is 0 Å². The topological polar surface area (TPSA) is 42.7 Å². The molecule has 0 radical (unpaired) electrons. The third kappa shape index (κ3) is 4.26. The van der Waals surface area contributed by atoms with Crippen molar-refractivity contribution in [2.24, 2.45) is 11.3 Å². The van der Waals surface area contributed by atoms with Gasteiger partial charge in [0.15, 0.2) is 0 Å². The summed E-state index contributed by atoms with van der Waals surface area (Å²) < 4.78 is 2.01. The van der Waals surface area contributed by atoms with Gasteiger partial charge in [-0.25, -0.2) is 9.67 Å². The lowest BCUT2D eigenvalue weighted by Gasteiger charge is -2.25. The third-order valence-electron chi connectivity index (χ3n) is 3.07. The number of rotatable bonds is 8. The summed E-state index contributed by atoms with van der Waals surface area (Å²) in [4.78, 5) is 4.39. The van der Waals surface area contributed by atoms with Gasteiger partial charge in [-0.05, 0) is 12.5 Å². The predicted octanol–water partition coefficient (Wildman–Crippen LogP) is 2.28. The summed E-state index contributed by atoms with van der Waals surface area (Å²) in [6.07, 6.45) is 4.54. The molecule has 1 aromatic rings. The zero-order valence-electron chi connectivity index (χ0n) is 12.1. The van der Waals surface area contributed by atoms with Gasteiger partial charge in [0.1, 0.15) is 12.2 Å². The summed E-state index contributed by atoms with van der Waals surface area (Å²) in [5.74, 6) is 1.62. The van der Waals surface area contributed by atoms with Gasteiger partial charge in [0.2, 0.25) is 0 Å². The second kappa shape index (κ2) is 6.69. The quantitative estimate of drug-likeness (QED) is 0.720. The normalized spacial score (nSPS) is 14.7. The Balaban J connectivity index is 2.75. The van der Waals surface area contributed by atoms with Crippen molar-refractivity contribution in [3.8, 4) is 0 Å². The van der Waals surface area contributed by atoms with Crippen LogP contribution in [0.2, 0.25) is 0 Å². The fourth-order valence-electron chi connectivity index (χ4n) is 1.90. The van der Waals surface area contributed by atoms with Crippen LogP contribution < -0.4 is 5.32 Å². The summed E-state index contributed by atoms with van der Waals surface area (Å²) in [5, 5.41) is 7.69. The second-order valence-corrected chi connectivity index (χ2v) is 5.57. The first-order chi connectivity index (χ1) is 8.50. The summed E-state index contributed by atoms with van der Waals surface area (Å²) in [5.41, 5.74) is 0.0256. The number of hydrogen-bond acceptors (Lipinski definition) is 3. The lowest BCUT2D eigenvalue weighted by atomic mass is 9.86. The lowest BCUT2D eigenvalue weighted by Crippen LogP contribution is -2.33. The van der Waals surface area contributed by atoms with Gasteiger partial charge >= 0.3 is 0 Å². The van der Waals surface area contributed by atoms with Gasteiger partial charge in [0.25, 0.3) is 0 Å². The highest BCUT2D eigenvalue weighted by Gasteiger charge is 2.23. The van der Waals surface area contributed by atoms with E-state index in [1.54, 1.807) is 6.33 Å². The van der Waals surface area contributed by atoms with Crippen molar-refractivity contribution >= 4 is 0 Å². The molecule has 0 spiro atoms. The lowest BCUT2D eigenvalue weighted by molar-refractivity contribution is 0.368. The van der Waals surface area contributed by atoms with Crippen LogP contribution in [0.4, 0.5) is 0 Å². The summed E-state index contributed by atoms with van der Waals surface area (Å²) in [6, 6.07) is 0. The summed E-state index contributed by atoms with van der Waals surface area (Å²) in [7, 11) is 0. The zero-order valence-corrected chi connectivity index (χ0v) is 12.1. The molecule has 0 aliphatic carbocycles. The Hall–Kier alpha value is -1.16. The van der Waals surface area contributed by atoms with E-state index in [2.05, 4.69) is 49.7 Å². The van der Waals surface area contributed by atoms with Crippen molar-refractivity contribution in [1.29, 1.82) is 0 Å². The molecule has 0 aliphatic heterocycles. The Labute approximate surface area is 110 Å². The van der Waals surface area contributed by atoms with Crippen LogP contribution in [0.3, 0.4) is 0 Å². The Morgan fingerprint density at radius 3 is 2.83 bits per heavy atom. The van der Waals surface area contributed by atoms with Crippen LogP contribution in [-0.4, -0.2) is 27.9 Å². The van der Waals surface area contributed by atoms with Crippen molar-refractivity contribution in [2.45, 2.75) is 40.7 Å². The number of nitrogens with one attached hydrogen (secondary N) is 1. The van der Waals surface area contributed by atoms with Crippen molar-refractivity contribution < 1.29 is 0 Å². The third-order valence-corrected chi connectivity index (χ3v) is 3.07. The predicted molar refractivity (Wildman–Crippen MR) is 75.4 cm³/mol. The first kappa shape index (κ1) is 14.9. The van der Waals surface area contributed by atoms with E-state index >= 15 is 0 Å². The maximum Gasteiger partial charge on any atom is 0.138 e. The van der Waals surface area contributed by atoms with Crippen LogP contribution in [0.5, 0.6) is 0 Å². The highest BCUT2D eigenvalue weighted by molar-refractivity contribution is 5.01. The van der Waals surface area contributed by atoms with E-state index in [-0.39, 0.29) is 5.41 Å². The Kier molecular flexibility index (Phi) is 5.54. The molecular weight excluding hydrogens is 224 g/mol. The minimum absolute atomic E-state index is 0.0256. The average molecular weight is 250 g/mol. The molecule has 1 rings (SSSR count). The molecule has 1 unspecified atom stereocenters. The molecule has 1 atom stereocenters. The second-order valence-electron chi connectivity index (χ2n) is 5.57. The van der Waals surface area contributed by atoms with Crippen molar-refractivity contribution in [1.82, 2.24) is 20.1 Å². The monoisotopic (exact) mass is 250 g/mol. The van der Waals surface area contributed by atoms with Gasteiger partial charge in [0, 0.05) is 24.9 Å². The Morgan fingerprint density at radius 1 is 1.56 bits per heavy atom. The number of nitrogens with zero attached hydrogens (tertiary/aromatic N) is 3. The fourth-order valence-corrected chi connectivity index (χ4v) is 1.90. The van der Waals surface area contributed by atoms with Crippen LogP contribution in [0.25, 0.3) is 0 Å². The molecule has 1 N–H and O–H groups in total. The van der Waals surface area contributed by atoms with Crippen LogP contribution in [0, 0.1) is 11.3 Å². The van der Waals surface area contributed by atoms with Crippen LogP contribution in [0.1, 0.15) is 33.5 Å². The molecule has 0 saturated heterocycles. The van der Waals surface area contributed by atoms with E-state index in [0.29, 0.717) is 5.92 Å². The molecule has 4 nitrogen and oxygen atoms in total. The van der Waals surface area contributed by atoms with E-state index in [1.807, 2.05) is 10.8 Å². The average Bonchev–Trinajstić information content (AvgIpc) is 2.73. The largest absolute Gasteiger partial charge is 0.316 e. The number of aromatic nitrogens is 3. The summed E-state index contributed by atoms with van der Waals surface area (Å²) >= 11 is 0. The molecule has 1 heterocycles. The minimum Gasteiger partial charge on any atom is -0.316 e. The van der Waals surface area contributed by atoms with Crippen LogP contribution in [0.15, 0.2) is 19.0 Å². The maximum absolute atomic E-state index is 4.39. The van der Waals surface area contributed by atoms with Crippen molar-refractivity contribution in [2.75, 3.05) is 13.1 Å². The van der Waals surface area contributed by atoms with Crippen LogP contribution >= 0.6 is 0 Å². The minimum atomic E-state index is 0.0256. The van der Waals surface area contributed by atoms with Crippen molar-refractivity contribution in [3.05, 3.63) is 24.8 Å². The highest BCUT2D eigenvalue weighted by atomic mass is 15.3. The smallest absolute Gasteiger partial charge is 0.138 e. The zero-order chi connectivity index (χ0) is 13.6. The molecule has 4 heteroatoms. The van der Waals surface area contributed by atoms with Crippen LogP contribution in [-0.2, 0) is 13.0 Å². The van der Waals surface area contributed by atoms with Gasteiger partial charge in [-0.1, -0.05) is 33.8 Å². The molecular formula is C14H26N4. The Morgan fingerprint density at radius 2 is 2.28 bits per heavy atom. The molecule has 0 saturated carbocycles. The standard InChI is InChI=1S/C14H26N4/c1-6-14(5,10-15-7-2)8-13-16-11-17-18(13)9-12(3)4/h6,11-12,15H,1,7-10H2,2-5H3. The van der Waals surface area contributed by atoms with Gasteiger partial charge in [-0.15, -0.1) is 6.58 Å². The first-order valence-electron chi connectivity index (χ1n) is 6.71. The van der Waals surface area contributed by atoms with E-state index in [4.69, 9.17) is 0 Å². The maximum atomic E-state index is 4.39. The van der Waals surface area contributed by atoms with E-state index < -0.39 is 0 Å². The molecule has 0 aromatic carbocycles. The van der Waals surface area contributed by atoms with E-state index in [0.717, 1.165) is 31.9 Å². The van der Waals surface area contributed by atoms with Gasteiger partial charge in [-0.2, -0.15) is 5.10 Å². The number of hydrogen-bond donors (Lipinski definition) is 1. The van der Waals surface area contributed by atoms with Gasteiger partial charge in [0.05, 0.1) is 0 Å². The molecule has 0 fully saturated rings. The molecule has 102 valence electrons. The van der Waals surface area contributed by atoms with E-state index in [1.165, 1.54) is 0 Å². The fraction of sp³-hybridized carbons (Fsp3) is 0.714. The molecule has 0 bridgehead atoms. The molecule has 0 aliphatic rings. The SMILES string of the molecule is C=CC(C)(CNCC)Cc1ncnn1CC(C)C. The summed E-state index contributed by atoms with van der Waals surface area (Å²) in [6.45, 7) is 15.5. The molecule has 1 aromatic heterocycles. The highest BCUT2D eigenvalue weighted by Crippen LogP contribution is 2.22. The molecule has 18 heavy (non-hydrogen) atoms. The van der Waals surface area contributed by atoms with E-state index in [9.17, 15) is 0 Å². The van der Waals surface area contributed by atoms with Crippen molar-refractivity contribution in [3.63, 3.8) is 0 Å². The Bertz CT molecular complexity index is 370. The van der Waals surface area contributed by atoms with Gasteiger partial charge < -0.3 is 5.32 Å². The molecule has 0 amide bonds. The first-order valence-corrected chi connectivity index (χ1v) is 6.71.